The summed E-state index contributed by atoms with van der Waals surface area (Å²) >= 11 is 0. The molecule has 2 aliphatic rings. The van der Waals surface area contributed by atoms with E-state index < -0.39 is 10.0 Å². The van der Waals surface area contributed by atoms with Crippen LogP contribution in [0.15, 0.2) is 34.7 Å². The molecule has 5 heteroatoms. The number of hydrogen-bond donors (Lipinski definition) is 0. The van der Waals surface area contributed by atoms with Gasteiger partial charge in [0.2, 0.25) is 0 Å². The Labute approximate surface area is 93.5 Å². The van der Waals surface area contributed by atoms with Gasteiger partial charge in [0.15, 0.2) is 0 Å². The van der Waals surface area contributed by atoms with E-state index in [2.05, 4.69) is 6.07 Å². The van der Waals surface area contributed by atoms with Crippen molar-refractivity contribution in [2.75, 3.05) is 6.54 Å². The Morgan fingerprint density at radius 2 is 2.06 bits per heavy atom. The molecule has 16 heavy (non-hydrogen) atoms. The van der Waals surface area contributed by atoms with Gasteiger partial charge in [0.25, 0.3) is 10.0 Å². The third-order valence-electron chi connectivity index (χ3n) is 2.95. The average molecular weight is 232 g/mol. The van der Waals surface area contributed by atoms with E-state index in [1.54, 1.807) is 24.3 Å². The van der Waals surface area contributed by atoms with Crippen LogP contribution >= 0.6 is 0 Å². The highest BCUT2D eigenvalue weighted by molar-refractivity contribution is 7.90. The molecule has 0 fully saturated rings. The van der Waals surface area contributed by atoms with Crippen LogP contribution in [0.4, 0.5) is 0 Å². The topological polar surface area (TPSA) is 61.2 Å². The van der Waals surface area contributed by atoms with Crippen molar-refractivity contribution in [3.05, 3.63) is 35.4 Å². The molecule has 0 spiro atoms. The Morgan fingerprint density at radius 3 is 2.81 bits per heavy atom. The van der Waals surface area contributed by atoms with Crippen molar-refractivity contribution in [1.29, 1.82) is 5.26 Å². The van der Waals surface area contributed by atoms with Crippen LogP contribution in [0.1, 0.15) is 12.0 Å². The van der Waals surface area contributed by atoms with Crippen molar-refractivity contribution in [3.8, 4) is 6.07 Å². The van der Waals surface area contributed by atoms with E-state index in [1.165, 1.54) is 4.31 Å². The molecule has 4 nitrogen and oxygen atoms in total. The Balaban J connectivity index is 2.42. The van der Waals surface area contributed by atoms with Gasteiger partial charge in [-0.1, -0.05) is 18.2 Å². The summed E-state index contributed by atoms with van der Waals surface area (Å²) in [5, 5.41) is 8.98. The van der Waals surface area contributed by atoms with Crippen molar-refractivity contribution in [1.82, 2.24) is 4.31 Å². The summed E-state index contributed by atoms with van der Waals surface area (Å²) < 4.78 is 25.6. The van der Waals surface area contributed by atoms with Gasteiger partial charge in [-0.05, 0) is 6.07 Å². The second-order valence-corrected chi connectivity index (χ2v) is 5.59. The van der Waals surface area contributed by atoms with Crippen molar-refractivity contribution < 1.29 is 8.42 Å². The fourth-order valence-corrected chi connectivity index (χ4v) is 3.96. The van der Waals surface area contributed by atoms with E-state index in [4.69, 9.17) is 5.26 Å². The lowest BCUT2D eigenvalue weighted by Crippen LogP contribution is -2.20. The number of nitriles is 1. The van der Waals surface area contributed by atoms with Crippen LogP contribution in [0.3, 0.4) is 0 Å². The lowest BCUT2D eigenvalue weighted by atomic mass is 10.1. The molecule has 1 aromatic rings. The number of nitrogens with zero attached hydrogens (tertiary/aromatic N) is 2. The van der Waals surface area contributed by atoms with Crippen molar-refractivity contribution in [2.45, 2.75) is 11.3 Å². The summed E-state index contributed by atoms with van der Waals surface area (Å²) in [5.41, 5.74) is 1.81. The zero-order valence-electron chi connectivity index (χ0n) is 8.34. The first-order chi connectivity index (χ1) is 7.66. The first-order valence-electron chi connectivity index (χ1n) is 4.91. The summed E-state index contributed by atoms with van der Waals surface area (Å²) in [6, 6.07) is 8.92. The Morgan fingerprint density at radius 1 is 1.31 bits per heavy atom. The van der Waals surface area contributed by atoms with Gasteiger partial charge in [0, 0.05) is 18.5 Å². The van der Waals surface area contributed by atoms with Gasteiger partial charge in [-0.15, -0.1) is 0 Å². The second kappa shape index (κ2) is 2.86. The lowest BCUT2D eigenvalue weighted by molar-refractivity contribution is 0.534. The van der Waals surface area contributed by atoms with Gasteiger partial charge in [-0.2, -0.15) is 5.26 Å². The van der Waals surface area contributed by atoms with Crippen LogP contribution < -0.4 is 0 Å². The molecular formula is C11H8N2O2S. The third kappa shape index (κ3) is 0.947. The summed E-state index contributed by atoms with van der Waals surface area (Å²) in [7, 11) is -3.40. The fraction of sp³-hybridized carbons (Fsp3) is 0.182. The maximum Gasteiger partial charge on any atom is 0.265 e. The predicted octanol–water partition coefficient (Wildman–Crippen LogP) is 1.33. The van der Waals surface area contributed by atoms with Gasteiger partial charge < -0.3 is 0 Å². The van der Waals surface area contributed by atoms with Gasteiger partial charge in [0.1, 0.15) is 0 Å². The highest BCUT2D eigenvalue weighted by atomic mass is 32.2. The minimum absolute atomic E-state index is 0.317. The van der Waals surface area contributed by atoms with E-state index in [0.717, 1.165) is 0 Å². The molecule has 0 atom stereocenters. The van der Waals surface area contributed by atoms with Crippen LogP contribution in [0, 0.1) is 11.3 Å². The molecule has 2 aliphatic heterocycles. The molecule has 0 saturated carbocycles. The zero-order chi connectivity index (χ0) is 11.3. The number of rotatable bonds is 0. The van der Waals surface area contributed by atoms with Crippen LogP contribution in [0.2, 0.25) is 0 Å². The van der Waals surface area contributed by atoms with Crippen LogP contribution in [0.5, 0.6) is 0 Å². The molecule has 3 rings (SSSR count). The summed E-state index contributed by atoms with van der Waals surface area (Å²) in [6.07, 6.45) is 0.513. The first kappa shape index (κ1) is 9.43. The fourth-order valence-electron chi connectivity index (χ4n) is 2.25. The molecule has 0 N–H and O–H groups in total. The number of sulfonamides is 1. The van der Waals surface area contributed by atoms with Crippen LogP contribution in [-0.2, 0) is 10.0 Å². The van der Waals surface area contributed by atoms with Crippen molar-refractivity contribution in [2.24, 2.45) is 0 Å². The predicted molar refractivity (Wildman–Crippen MR) is 57.5 cm³/mol. The highest BCUT2D eigenvalue weighted by Crippen LogP contribution is 2.44. The Kier molecular flexibility index (Phi) is 1.69. The molecule has 0 saturated heterocycles. The maximum absolute atomic E-state index is 12.1. The summed E-state index contributed by atoms with van der Waals surface area (Å²) in [4.78, 5) is 0.317. The van der Waals surface area contributed by atoms with Crippen LogP contribution in [0.25, 0.3) is 5.70 Å². The first-order valence-corrected chi connectivity index (χ1v) is 6.35. The van der Waals surface area contributed by atoms with Crippen molar-refractivity contribution >= 4 is 15.7 Å². The molecular weight excluding hydrogens is 224 g/mol. The molecule has 0 aliphatic carbocycles. The molecule has 0 bridgehead atoms. The zero-order valence-corrected chi connectivity index (χ0v) is 9.16. The van der Waals surface area contributed by atoms with E-state index in [9.17, 15) is 8.42 Å². The van der Waals surface area contributed by atoms with Crippen LogP contribution in [-0.4, -0.2) is 19.3 Å². The molecule has 0 amide bonds. The van der Waals surface area contributed by atoms with Gasteiger partial charge in [-0.3, -0.25) is 4.31 Å². The quantitative estimate of drug-likeness (QED) is 0.678. The number of hydrogen-bond acceptors (Lipinski definition) is 3. The highest BCUT2D eigenvalue weighted by Gasteiger charge is 2.42. The maximum atomic E-state index is 12.1. The molecule has 0 aromatic heterocycles. The van der Waals surface area contributed by atoms with Gasteiger partial charge in [0.05, 0.1) is 22.2 Å². The second-order valence-electron chi connectivity index (χ2n) is 3.76. The van der Waals surface area contributed by atoms with E-state index in [0.29, 0.717) is 34.7 Å². The number of fused-ring (bicyclic) bond motifs is 3. The minimum atomic E-state index is -3.40. The monoisotopic (exact) mass is 232 g/mol. The van der Waals surface area contributed by atoms with E-state index in [-0.39, 0.29) is 0 Å². The largest absolute Gasteiger partial charge is 0.265 e. The third-order valence-corrected chi connectivity index (χ3v) is 4.80. The summed E-state index contributed by atoms with van der Waals surface area (Å²) in [5.74, 6) is 0. The van der Waals surface area contributed by atoms with Gasteiger partial charge in [-0.25, -0.2) is 8.42 Å². The van der Waals surface area contributed by atoms with Crippen molar-refractivity contribution in [3.63, 3.8) is 0 Å². The average Bonchev–Trinajstić information content (AvgIpc) is 2.80. The lowest BCUT2D eigenvalue weighted by Gasteiger charge is -2.11. The normalized spacial score (nSPS) is 20.6. The Hall–Kier alpha value is -1.80. The SMILES string of the molecule is N#CC1=C2c3ccccc3S(=O)(=O)N2CC1. The molecule has 1 aromatic carbocycles. The molecule has 80 valence electrons. The molecule has 0 radical (unpaired) electrons. The number of benzene rings is 1. The standard InChI is InChI=1S/C11H8N2O2S/c12-7-8-5-6-13-11(8)9-3-1-2-4-10(9)16(13,14)15/h1-4H,5-6H2. The summed E-state index contributed by atoms with van der Waals surface area (Å²) in [6.45, 7) is 0.384. The Bertz CT molecular complexity index is 653. The minimum Gasteiger partial charge on any atom is -0.264 e. The molecule has 2 heterocycles. The van der Waals surface area contributed by atoms with Gasteiger partial charge >= 0.3 is 0 Å². The van der Waals surface area contributed by atoms with E-state index >= 15 is 0 Å². The smallest absolute Gasteiger partial charge is 0.264 e. The van der Waals surface area contributed by atoms with E-state index in [1.807, 2.05) is 0 Å². The molecule has 0 unspecified atom stereocenters.